The predicted octanol–water partition coefficient (Wildman–Crippen LogP) is 3.58. The van der Waals surface area contributed by atoms with Crippen molar-refractivity contribution in [1.29, 1.82) is 0 Å². The molecule has 0 spiro atoms. The maximum Gasteiger partial charge on any atom is 0.326 e. The molecule has 1 saturated carbocycles. The number of rotatable bonds is 15. The van der Waals surface area contributed by atoms with Gasteiger partial charge in [-0.15, -0.1) is 0 Å². The van der Waals surface area contributed by atoms with Crippen LogP contribution in [0.5, 0.6) is 0 Å². The van der Waals surface area contributed by atoms with E-state index in [-0.39, 0.29) is 35.1 Å². The smallest absolute Gasteiger partial charge is 0.326 e. The van der Waals surface area contributed by atoms with Crippen molar-refractivity contribution in [2.24, 2.45) is 22.7 Å². The number of hydrogen-bond acceptors (Lipinski definition) is 6. The van der Waals surface area contributed by atoms with Gasteiger partial charge in [-0.1, -0.05) is 73.8 Å². The summed E-state index contributed by atoms with van der Waals surface area (Å²) in [6.07, 6.45) is 6.62. The molecule has 1 aliphatic rings. The fourth-order valence-corrected chi connectivity index (χ4v) is 6.03. The zero-order chi connectivity index (χ0) is 33.3. The van der Waals surface area contributed by atoms with Crippen molar-refractivity contribution < 1.29 is 34.2 Å². The van der Waals surface area contributed by atoms with Gasteiger partial charge in [0.2, 0.25) is 17.7 Å². The summed E-state index contributed by atoms with van der Waals surface area (Å²) in [5.41, 5.74) is -0.742. The molecule has 1 fully saturated rings. The number of carbonyl (C=O) groups is 5. The number of likely N-dealkylation sites (N-methyl/N-ethyl adjacent to an activating group) is 2. The van der Waals surface area contributed by atoms with Crippen LogP contribution in [0.25, 0.3) is 0 Å². The first-order valence-electron chi connectivity index (χ1n) is 15.4. The molecule has 5 N–H and O–H groups in total. The van der Waals surface area contributed by atoms with Gasteiger partial charge in [0, 0.05) is 19.0 Å². The minimum absolute atomic E-state index is 0.120. The van der Waals surface area contributed by atoms with Gasteiger partial charge in [0.25, 0.3) is 0 Å². The van der Waals surface area contributed by atoms with E-state index < -0.39 is 53.8 Å². The standard InChI is InChI=1S/C32H56N4O7/c1-19(2)23(18-20(3)27(39)34-22(30(42)43)16-17-24(37)38)36(10)29(41)26(31(4,5)6)35-28(40)25(33-9)32(7,8)21-14-12-11-13-15-21/h18-19,21-23,25-26,33H,11-17H2,1-10H3,(H,34,39)(H,35,40)(H,37,38)(H,42,43)/b20-18+/t22-,23-,25-,26?/m1/s1. The Morgan fingerprint density at radius 3 is 1.93 bits per heavy atom. The molecule has 3 amide bonds. The van der Waals surface area contributed by atoms with Crippen molar-refractivity contribution in [2.75, 3.05) is 14.1 Å². The highest BCUT2D eigenvalue weighted by molar-refractivity contribution is 5.96. The van der Waals surface area contributed by atoms with E-state index in [0.29, 0.717) is 5.92 Å². The van der Waals surface area contributed by atoms with Crippen LogP contribution in [0.1, 0.15) is 100 Å². The Labute approximate surface area is 257 Å². The molecule has 0 aromatic heterocycles. The fourth-order valence-electron chi connectivity index (χ4n) is 6.03. The summed E-state index contributed by atoms with van der Waals surface area (Å²) in [5, 5.41) is 27.0. The van der Waals surface area contributed by atoms with E-state index in [1.807, 2.05) is 34.6 Å². The molecule has 0 aliphatic heterocycles. The van der Waals surface area contributed by atoms with Gasteiger partial charge in [-0.05, 0) is 55.9 Å². The lowest BCUT2D eigenvalue weighted by Crippen LogP contribution is -2.61. The highest BCUT2D eigenvalue weighted by Crippen LogP contribution is 2.41. The van der Waals surface area contributed by atoms with E-state index in [0.717, 1.165) is 25.7 Å². The SMILES string of the molecule is CN[C@H](C(=O)NC(C(=O)N(C)[C@H](/C=C(\C)C(=O)N[C@H](CCC(=O)O)C(=O)O)C(C)C)C(C)(C)C)C(C)(C)C1CCCCC1. The molecule has 11 nitrogen and oxygen atoms in total. The topological polar surface area (TPSA) is 165 Å². The number of carboxylic acids is 2. The fraction of sp³-hybridized carbons (Fsp3) is 0.781. The monoisotopic (exact) mass is 608 g/mol. The first-order valence-corrected chi connectivity index (χ1v) is 15.4. The Morgan fingerprint density at radius 1 is 0.930 bits per heavy atom. The van der Waals surface area contributed by atoms with Crippen LogP contribution in [-0.2, 0) is 24.0 Å². The number of nitrogens with one attached hydrogen (secondary N) is 3. The summed E-state index contributed by atoms with van der Waals surface area (Å²) >= 11 is 0. The molecule has 246 valence electrons. The Kier molecular flexibility index (Phi) is 14.4. The summed E-state index contributed by atoms with van der Waals surface area (Å²) in [5.74, 6) is -3.41. The third-order valence-corrected chi connectivity index (χ3v) is 8.86. The first-order chi connectivity index (χ1) is 19.7. The van der Waals surface area contributed by atoms with Crippen LogP contribution in [0, 0.1) is 22.7 Å². The molecular formula is C32H56N4O7. The molecule has 0 heterocycles. The molecule has 1 unspecified atom stereocenters. The van der Waals surface area contributed by atoms with Crippen LogP contribution in [0.15, 0.2) is 11.6 Å². The quantitative estimate of drug-likeness (QED) is 0.176. The molecule has 43 heavy (non-hydrogen) atoms. The zero-order valence-corrected chi connectivity index (χ0v) is 27.9. The number of amides is 3. The molecule has 1 aliphatic carbocycles. The Morgan fingerprint density at radius 2 is 1.49 bits per heavy atom. The summed E-state index contributed by atoms with van der Waals surface area (Å²) in [6.45, 7) is 15.2. The Bertz CT molecular complexity index is 1030. The normalized spacial score (nSPS) is 17.9. The summed E-state index contributed by atoms with van der Waals surface area (Å²) in [6, 6.07) is -3.24. The average Bonchev–Trinajstić information content (AvgIpc) is 2.91. The molecule has 0 aromatic carbocycles. The number of carbonyl (C=O) groups excluding carboxylic acids is 3. The van der Waals surface area contributed by atoms with Crippen LogP contribution in [-0.4, -0.2) is 83.0 Å². The van der Waals surface area contributed by atoms with Gasteiger partial charge < -0.3 is 31.1 Å². The van der Waals surface area contributed by atoms with Gasteiger partial charge in [0.15, 0.2) is 0 Å². The van der Waals surface area contributed by atoms with E-state index in [1.165, 1.54) is 18.2 Å². The maximum atomic E-state index is 14.0. The Hall–Kier alpha value is -2.95. The number of hydrogen-bond donors (Lipinski definition) is 5. The van der Waals surface area contributed by atoms with Gasteiger partial charge >= 0.3 is 11.9 Å². The number of aliphatic carboxylic acids is 2. The van der Waals surface area contributed by atoms with E-state index in [2.05, 4.69) is 29.8 Å². The molecular weight excluding hydrogens is 552 g/mol. The summed E-state index contributed by atoms with van der Waals surface area (Å²) < 4.78 is 0. The van der Waals surface area contributed by atoms with E-state index in [9.17, 15) is 29.1 Å². The lowest BCUT2D eigenvalue weighted by atomic mass is 9.66. The highest BCUT2D eigenvalue weighted by Gasteiger charge is 2.44. The van der Waals surface area contributed by atoms with Crippen molar-refractivity contribution in [3.8, 4) is 0 Å². The number of carboxylic acid groups (broad SMARTS) is 2. The second-order valence-corrected chi connectivity index (χ2v) is 14.0. The second-order valence-electron chi connectivity index (χ2n) is 14.0. The van der Waals surface area contributed by atoms with E-state index in [1.54, 1.807) is 20.2 Å². The zero-order valence-electron chi connectivity index (χ0n) is 27.9. The minimum atomic E-state index is -1.36. The highest BCUT2D eigenvalue weighted by atomic mass is 16.4. The molecule has 4 atom stereocenters. The summed E-state index contributed by atoms with van der Waals surface area (Å²) in [4.78, 5) is 64.6. The van der Waals surface area contributed by atoms with Crippen LogP contribution in [0.4, 0.5) is 0 Å². The molecule has 0 aromatic rings. The van der Waals surface area contributed by atoms with Crippen LogP contribution in [0.2, 0.25) is 0 Å². The summed E-state index contributed by atoms with van der Waals surface area (Å²) in [7, 11) is 3.41. The number of nitrogens with zero attached hydrogens (tertiary/aromatic N) is 1. The molecule has 0 bridgehead atoms. The van der Waals surface area contributed by atoms with Gasteiger partial charge in [0.05, 0.1) is 12.1 Å². The largest absolute Gasteiger partial charge is 0.481 e. The second kappa shape index (κ2) is 16.2. The lowest BCUT2D eigenvalue weighted by molar-refractivity contribution is -0.142. The van der Waals surface area contributed by atoms with Crippen LogP contribution >= 0.6 is 0 Å². The lowest BCUT2D eigenvalue weighted by Gasteiger charge is -2.43. The van der Waals surface area contributed by atoms with Crippen molar-refractivity contribution >= 4 is 29.7 Å². The third-order valence-electron chi connectivity index (χ3n) is 8.86. The molecule has 11 heteroatoms. The predicted molar refractivity (Wildman–Crippen MR) is 166 cm³/mol. The van der Waals surface area contributed by atoms with Gasteiger partial charge in [-0.2, -0.15) is 0 Å². The van der Waals surface area contributed by atoms with Crippen LogP contribution < -0.4 is 16.0 Å². The first kappa shape index (κ1) is 38.1. The van der Waals surface area contributed by atoms with Crippen molar-refractivity contribution in [2.45, 2.75) is 125 Å². The molecule has 1 rings (SSSR count). The van der Waals surface area contributed by atoms with Crippen molar-refractivity contribution in [1.82, 2.24) is 20.9 Å². The molecule has 0 saturated heterocycles. The van der Waals surface area contributed by atoms with Gasteiger partial charge in [0.1, 0.15) is 12.1 Å². The van der Waals surface area contributed by atoms with Crippen molar-refractivity contribution in [3.63, 3.8) is 0 Å². The van der Waals surface area contributed by atoms with Gasteiger partial charge in [-0.25, -0.2) is 4.79 Å². The van der Waals surface area contributed by atoms with Crippen molar-refractivity contribution in [3.05, 3.63) is 11.6 Å². The third kappa shape index (κ3) is 10.9. The maximum absolute atomic E-state index is 14.0. The minimum Gasteiger partial charge on any atom is -0.481 e. The van der Waals surface area contributed by atoms with Gasteiger partial charge in [-0.3, -0.25) is 19.2 Å². The van der Waals surface area contributed by atoms with Crippen LogP contribution in [0.3, 0.4) is 0 Å². The molecule has 0 radical (unpaired) electrons. The van der Waals surface area contributed by atoms with E-state index in [4.69, 9.17) is 5.11 Å². The Balaban J connectivity index is 3.22. The van der Waals surface area contributed by atoms with E-state index >= 15 is 0 Å². The average molecular weight is 609 g/mol.